The van der Waals surface area contributed by atoms with E-state index in [1.165, 1.54) is 5.69 Å². The summed E-state index contributed by atoms with van der Waals surface area (Å²) in [5.41, 5.74) is 9.92. The summed E-state index contributed by atoms with van der Waals surface area (Å²) in [5.74, 6) is 0.0676. The van der Waals surface area contributed by atoms with Crippen molar-refractivity contribution in [2.45, 2.75) is 44.6 Å². The molecule has 24 heavy (non-hydrogen) atoms. The summed E-state index contributed by atoms with van der Waals surface area (Å²) in [4.78, 5) is 15.1. The molecule has 5 heteroatoms. The maximum atomic E-state index is 13.2. The molecule has 1 aromatic carbocycles. The van der Waals surface area contributed by atoms with Crippen LogP contribution in [0.1, 0.15) is 47.4 Å². The van der Waals surface area contributed by atoms with E-state index in [0.29, 0.717) is 12.2 Å². The zero-order valence-corrected chi connectivity index (χ0v) is 13.9. The van der Waals surface area contributed by atoms with E-state index in [1.54, 1.807) is 0 Å². The Morgan fingerprint density at radius 3 is 2.79 bits per heavy atom. The molecule has 2 heterocycles. The second kappa shape index (κ2) is 6.40. The average molecular weight is 324 g/mol. The van der Waals surface area contributed by atoms with Gasteiger partial charge in [0.25, 0.3) is 5.91 Å². The van der Waals surface area contributed by atoms with E-state index in [9.17, 15) is 4.79 Å². The molecule has 1 aliphatic heterocycles. The highest BCUT2D eigenvalue weighted by Gasteiger charge is 2.33. The van der Waals surface area contributed by atoms with Gasteiger partial charge in [-0.1, -0.05) is 18.2 Å². The number of carbonyl (C=O) groups excluding carboxylic acids is 1. The van der Waals surface area contributed by atoms with Crippen molar-refractivity contribution >= 4 is 5.91 Å². The lowest BCUT2D eigenvalue weighted by molar-refractivity contribution is 0.0615. The topological polar surface area (TPSA) is 64.2 Å². The molecular formula is C19H24N4O. The van der Waals surface area contributed by atoms with Crippen LogP contribution in [0, 0.1) is 0 Å². The number of likely N-dealkylation sites (tertiary alicyclic amines) is 1. The Balaban J connectivity index is 1.72. The summed E-state index contributed by atoms with van der Waals surface area (Å²) in [6, 6.07) is 10.3. The lowest BCUT2D eigenvalue weighted by Gasteiger charge is -2.34. The number of piperidine rings is 1. The van der Waals surface area contributed by atoms with Gasteiger partial charge in [-0.25, -0.2) is 4.68 Å². The molecule has 1 saturated heterocycles. The molecule has 0 saturated carbocycles. The highest BCUT2D eigenvalue weighted by molar-refractivity contribution is 5.94. The first kappa shape index (κ1) is 15.4. The Labute approximate surface area is 142 Å². The van der Waals surface area contributed by atoms with E-state index in [1.807, 2.05) is 39.9 Å². The highest BCUT2D eigenvalue weighted by atomic mass is 16.2. The molecule has 2 N–H and O–H groups in total. The first-order valence-electron chi connectivity index (χ1n) is 8.97. The van der Waals surface area contributed by atoms with Crippen molar-refractivity contribution in [2.75, 3.05) is 13.1 Å². The fraction of sp³-hybridized carbons (Fsp3) is 0.474. The van der Waals surface area contributed by atoms with Gasteiger partial charge in [-0.3, -0.25) is 4.79 Å². The molecule has 1 atom stereocenters. The van der Waals surface area contributed by atoms with Gasteiger partial charge in [0.2, 0.25) is 0 Å². The third-order valence-electron chi connectivity index (χ3n) is 5.29. The molecule has 1 aliphatic carbocycles. The molecule has 1 fully saturated rings. The third-order valence-corrected chi connectivity index (χ3v) is 5.29. The summed E-state index contributed by atoms with van der Waals surface area (Å²) in [6.45, 7) is 1.33. The van der Waals surface area contributed by atoms with Crippen LogP contribution in [0.2, 0.25) is 0 Å². The van der Waals surface area contributed by atoms with Crippen LogP contribution in [0.3, 0.4) is 0 Å². The molecule has 4 rings (SSSR count). The van der Waals surface area contributed by atoms with Gasteiger partial charge in [0, 0.05) is 30.4 Å². The highest BCUT2D eigenvalue weighted by Crippen LogP contribution is 2.29. The standard InChI is InChI=1S/C19H24N4O/c20-13-15-9-4-5-12-22(15)19(24)18-16-10-6-11-17(16)23(21-18)14-7-2-1-3-8-14/h1-3,7-8,15H,4-6,9-13,20H2. The monoisotopic (exact) mass is 324 g/mol. The molecule has 126 valence electrons. The van der Waals surface area contributed by atoms with Crippen molar-refractivity contribution in [3.63, 3.8) is 0 Å². The first-order valence-corrected chi connectivity index (χ1v) is 8.97. The molecule has 2 aliphatic rings. The van der Waals surface area contributed by atoms with E-state index in [-0.39, 0.29) is 11.9 Å². The normalized spacial score (nSPS) is 20.2. The van der Waals surface area contributed by atoms with Gasteiger partial charge in [-0.2, -0.15) is 5.10 Å². The molecule has 0 radical (unpaired) electrons. The Kier molecular flexibility index (Phi) is 4.10. The van der Waals surface area contributed by atoms with Crippen LogP contribution in [0.4, 0.5) is 0 Å². The van der Waals surface area contributed by atoms with Gasteiger partial charge < -0.3 is 10.6 Å². The minimum Gasteiger partial charge on any atom is -0.333 e. The van der Waals surface area contributed by atoms with E-state index in [4.69, 9.17) is 10.8 Å². The number of hydrogen-bond acceptors (Lipinski definition) is 3. The Morgan fingerprint density at radius 1 is 1.17 bits per heavy atom. The van der Waals surface area contributed by atoms with Gasteiger partial charge in [-0.05, 0) is 50.7 Å². The molecule has 1 unspecified atom stereocenters. The molecular weight excluding hydrogens is 300 g/mol. The summed E-state index contributed by atoms with van der Waals surface area (Å²) >= 11 is 0. The summed E-state index contributed by atoms with van der Waals surface area (Å²) in [6.07, 6.45) is 6.26. The molecule has 1 aromatic heterocycles. The third kappa shape index (κ3) is 2.53. The number of nitrogens with zero attached hydrogens (tertiary/aromatic N) is 3. The lowest BCUT2D eigenvalue weighted by Crippen LogP contribution is -2.47. The van der Waals surface area contributed by atoms with E-state index >= 15 is 0 Å². The van der Waals surface area contributed by atoms with Gasteiger partial charge in [0.15, 0.2) is 5.69 Å². The zero-order valence-electron chi connectivity index (χ0n) is 13.9. The van der Waals surface area contributed by atoms with Crippen molar-refractivity contribution in [3.8, 4) is 5.69 Å². The Morgan fingerprint density at radius 2 is 2.00 bits per heavy atom. The summed E-state index contributed by atoms with van der Waals surface area (Å²) in [7, 11) is 0. The number of carbonyl (C=O) groups is 1. The summed E-state index contributed by atoms with van der Waals surface area (Å²) in [5, 5.41) is 4.73. The van der Waals surface area contributed by atoms with Crippen LogP contribution in [0.25, 0.3) is 5.69 Å². The van der Waals surface area contributed by atoms with E-state index < -0.39 is 0 Å². The molecule has 1 amide bonds. The Hall–Kier alpha value is -2.14. The fourth-order valence-corrected chi connectivity index (χ4v) is 4.04. The zero-order chi connectivity index (χ0) is 16.5. The maximum Gasteiger partial charge on any atom is 0.274 e. The number of nitrogens with two attached hydrogens (primary N) is 1. The first-order chi connectivity index (χ1) is 11.8. The second-order valence-corrected chi connectivity index (χ2v) is 6.76. The quantitative estimate of drug-likeness (QED) is 0.942. The van der Waals surface area contributed by atoms with Crippen LogP contribution >= 0.6 is 0 Å². The fourth-order valence-electron chi connectivity index (χ4n) is 4.04. The Bertz CT molecular complexity index is 737. The van der Waals surface area contributed by atoms with Crippen LogP contribution in [-0.4, -0.2) is 39.7 Å². The summed E-state index contributed by atoms with van der Waals surface area (Å²) < 4.78 is 1.97. The van der Waals surface area contributed by atoms with Crippen LogP contribution in [0.15, 0.2) is 30.3 Å². The van der Waals surface area contributed by atoms with Crippen molar-refractivity contribution in [1.29, 1.82) is 0 Å². The van der Waals surface area contributed by atoms with Gasteiger partial charge in [-0.15, -0.1) is 0 Å². The molecule has 0 bridgehead atoms. The number of aromatic nitrogens is 2. The van der Waals surface area contributed by atoms with E-state index in [2.05, 4.69) is 0 Å². The number of para-hydroxylation sites is 1. The second-order valence-electron chi connectivity index (χ2n) is 6.76. The smallest absolute Gasteiger partial charge is 0.274 e. The predicted octanol–water partition coefficient (Wildman–Crippen LogP) is 2.31. The molecule has 2 aromatic rings. The van der Waals surface area contributed by atoms with Crippen molar-refractivity contribution < 1.29 is 4.79 Å². The molecule has 5 nitrogen and oxygen atoms in total. The minimum atomic E-state index is 0.0676. The predicted molar refractivity (Wildman–Crippen MR) is 93.3 cm³/mol. The number of benzene rings is 1. The molecule has 0 spiro atoms. The van der Waals surface area contributed by atoms with Crippen LogP contribution < -0.4 is 5.73 Å². The van der Waals surface area contributed by atoms with Gasteiger partial charge >= 0.3 is 0 Å². The SMILES string of the molecule is NCC1CCCCN1C(=O)c1nn(-c2ccccc2)c2c1CCC2. The largest absolute Gasteiger partial charge is 0.333 e. The van der Waals surface area contributed by atoms with Crippen molar-refractivity contribution in [2.24, 2.45) is 5.73 Å². The van der Waals surface area contributed by atoms with Crippen LogP contribution in [0.5, 0.6) is 0 Å². The lowest BCUT2D eigenvalue weighted by atomic mass is 10.0. The van der Waals surface area contributed by atoms with Crippen LogP contribution in [-0.2, 0) is 12.8 Å². The average Bonchev–Trinajstić information content (AvgIpc) is 3.24. The minimum absolute atomic E-state index is 0.0676. The number of rotatable bonds is 3. The number of fused-ring (bicyclic) bond motifs is 1. The van der Waals surface area contributed by atoms with E-state index in [0.717, 1.165) is 56.3 Å². The van der Waals surface area contributed by atoms with Gasteiger partial charge in [0.1, 0.15) is 0 Å². The maximum absolute atomic E-state index is 13.2. The van der Waals surface area contributed by atoms with Gasteiger partial charge in [0.05, 0.1) is 5.69 Å². The number of amides is 1. The number of hydrogen-bond donors (Lipinski definition) is 1. The van der Waals surface area contributed by atoms with Crippen molar-refractivity contribution in [3.05, 3.63) is 47.3 Å². The van der Waals surface area contributed by atoms with Crippen molar-refractivity contribution in [1.82, 2.24) is 14.7 Å².